The molecule has 5 nitrogen and oxygen atoms in total. The molecule has 1 aromatic heterocycles. The molecule has 0 aliphatic carbocycles. The minimum absolute atomic E-state index is 0.0608. The molecule has 2 rings (SSSR count). The third-order valence-electron chi connectivity index (χ3n) is 2.41. The van der Waals surface area contributed by atoms with Crippen LogP contribution in [0.15, 0.2) is 35.7 Å². The largest absolute Gasteiger partial charge is 0.497 e. The van der Waals surface area contributed by atoms with E-state index >= 15 is 0 Å². The maximum absolute atomic E-state index is 11.9. The van der Waals surface area contributed by atoms with Crippen molar-refractivity contribution in [3.63, 3.8) is 0 Å². The Hall–Kier alpha value is -1.82. The average molecular weight is 263 g/mol. The summed E-state index contributed by atoms with van der Waals surface area (Å²) in [5.41, 5.74) is 0.672. The normalized spacial score (nSPS) is 10.3. The molecule has 18 heavy (non-hydrogen) atoms. The Bertz CT molecular complexity index is 537. The van der Waals surface area contributed by atoms with E-state index in [4.69, 9.17) is 4.74 Å². The molecule has 0 amide bonds. The number of benzene rings is 1. The van der Waals surface area contributed by atoms with Crippen molar-refractivity contribution in [3.05, 3.63) is 36.2 Å². The number of carbonyl (C=O) groups is 1. The third-order valence-corrected chi connectivity index (χ3v) is 3.45. The van der Waals surface area contributed by atoms with Crippen molar-refractivity contribution in [2.45, 2.75) is 5.16 Å². The van der Waals surface area contributed by atoms with Gasteiger partial charge < -0.3 is 4.74 Å². The SMILES string of the molecule is COc1ccc(C(=O)CSc2ncnn2C)cc1. The van der Waals surface area contributed by atoms with Gasteiger partial charge in [-0.15, -0.1) is 0 Å². The van der Waals surface area contributed by atoms with Gasteiger partial charge in [-0.1, -0.05) is 11.8 Å². The van der Waals surface area contributed by atoms with Gasteiger partial charge in [0.2, 0.25) is 0 Å². The number of rotatable bonds is 5. The van der Waals surface area contributed by atoms with E-state index in [9.17, 15) is 4.79 Å². The minimum Gasteiger partial charge on any atom is -0.497 e. The summed E-state index contributed by atoms with van der Waals surface area (Å²) in [5.74, 6) is 1.15. The highest BCUT2D eigenvalue weighted by molar-refractivity contribution is 7.99. The van der Waals surface area contributed by atoms with Gasteiger partial charge in [0.15, 0.2) is 10.9 Å². The number of thioether (sulfide) groups is 1. The van der Waals surface area contributed by atoms with Crippen LogP contribution in [0.5, 0.6) is 5.75 Å². The smallest absolute Gasteiger partial charge is 0.186 e. The van der Waals surface area contributed by atoms with Crippen molar-refractivity contribution in [1.29, 1.82) is 0 Å². The fourth-order valence-electron chi connectivity index (χ4n) is 1.41. The quantitative estimate of drug-likeness (QED) is 0.608. The van der Waals surface area contributed by atoms with E-state index in [0.29, 0.717) is 11.3 Å². The Morgan fingerprint density at radius 2 is 2.11 bits per heavy atom. The van der Waals surface area contributed by atoms with Crippen molar-refractivity contribution in [1.82, 2.24) is 14.8 Å². The molecule has 0 aliphatic heterocycles. The lowest BCUT2D eigenvalue weighted by molar-refractivity contribution is 0.102. The Labute approximate surface area is 109 Å². The molecule has 0 saturated carbocycles. The molecule has 1 aromatic carbocycles. The van der Waals surface area contributed by atoms with Crippen LogP contribution in [0.4, 0.5) is 0 Å². The van der Waals surface area contributed by atoms with Gasteiger partial charge in [0.05, 0.1) is 12.9 Å². The van der Waals surface area contributed by atoms with Crippen LogP contribution in [0.1, 0.15) is 10.4 Å². The Kier molecular flexibility index (Phi) is 3.99. The molecular formula is C12H13N3O2S. The summed E-state index contributed by atoms with van der Waals surface area (Å²) >= 11 is 1.38. The molecule has 6 heteroatoms. The zero-order chi connectivity index (χ0) is 13.0. The Balaban J connectivity index is 1.97. The second-order valence-electron chi connectivity index (χ2n) is 3.61. The van der Waals surface area contributed by atoms with Crippen molar-refractivity contribution in [3.8, 4) is 5.75 Å². The molecule has 0 bridgehead atoms. The molecule has 0 radical (unpaired) electrons. The minimum atomic E-state index is 0.0608. The number of carbonyl (C=O) groups excluding carboxylic acids is 1. The molecule has 0 aliphatic rings. The molecule has 0 N–H and O–H groups in total. The Morgan fingerprint density at radius 1 is 1.39 bits per heavy atom. The number of methoxy groups -OCH3 is 1. The predicted molar refractivity (Wildman–Crippen MR) is 69.1 cm³/mol. The van der Waals surface area contributed by atoms with Gasteiger partial charge in [0.1, 0.15) is 12.1 Å². The first-order valence-electron chi connectivity index (χ1n) is 5.35. The third kappa shape index (κ3) is 2.89. The van der Waals surface area contributed by atoms with Crippen LogP contribution in [0.25, 0.3) is 0 Å². The van der Waals surface area contributed by atoms with Crippen LogP contribution in [0.2, 0.25) is 0 Å². The van der Waals surface area contributed by atoms with Crippen molar-refractivity contribution in [2.75, 3.05) is 12.9 Å². The first-order valence-corrected chi connectivity index (χ1v) is 6.33. The van der Waals surface area contributed by atoms with Gasteiger partial charge in [-0.25, -0.2) is 9.67 Å². The number of hydrogen-bond acceptors (Lipinski definition) is 5. The Morgan fingerprint density at radius 3 is 2.67 bits per heavy atom. The van der Waals surface area contributed by atoms with E-state index in [-0.39, 0.29) is 5.78 Å². The average Bonchev–Trinajstić information content (AvgIpc) is 2.81. The van der Waals surface area contributed by atoms with E-state index < -0.39 is 0 Å². The molecule has 1 heterocycles. The van der Waals surface area contributed by atoms with Crippen LogP contribution < -0.4 is 4.74 Å². The van der Waals surface area contributed by atoms with Crippen LogP contribution in [-0.2, 0) is 7.05 Å². The lowest BCUT2D eigenvalue weighted by Gasteiger charge is -2.02. The highest BCUT2D eigenvalue weighted by Gasteiger charge is 2.09. The molecule has 94 valence electrons. The molecule has 0 spiro atoms. The topological polar surface area (TPSA) is 57.0 Å². The lowest BCUT2D eigenvalue weighted by Crippen LogP contribution is -2.04. The molecule has 2 aromatic rings. The van der Waals surface area contributed by atoms with Gasteiger partial charge in [-0.2, -0.15) is 5.10 Å². The maximum atomic E-state index is 11.9. The second kappa shape index (κ2) is 5.68. The summed E-state index contributed by atoms with van der Waals surface area (Å²) in [4.78, 5) is 16.0. The number of aryl methyl sites for hydroxylation is 1. The highest BCUT2D eigenvalue weighted by atomic mass is 32.2. The summed E-state index contributed by atoms with van der Waals surface area (Å²) in [6.45, 7) is 0. The fourth-order valence-corrected chi connectivity index (χ4v) is 2.19. The summed E-state index contributed by atoms with van der Waals surface area (Å²) < 4.78 is 6.69. The number of ether oxygens (including phenoxy) is 1. The molecule has 0 fully saturated rings. The van der Waals surface area contributed by atoms with Crippen molar-refractivity contribution < 1.29 is 9.53 Å². The van der Waals surface area contributed by atoms with Crippen LogP contribution in [0.3, 0.4) is 0 Å². The summed E-state index contributed by atoms with van der Waals surface area (Å²) in [7, 11) is 3.40. The lowest BCUT2D eigenvalue weighted by atomic mass is 10.1. The standard InChI is InChI=1S/C12H13N3O2S/c1-15-12(13-8-14-15)18-7-11(16)9-3-5-10(17-2)6-4-9/h3-6,8H,7H2,1-2H3. The number of hydrogen-bond donors (Lipinski definition) is 0. The first-order chi connectivity index (χ1) is 8.70. The number of aromatic nitrogens is 3. The summed E-state index contributed by atoms with van der Waals surface area (Å²) in [6.07, 6.45) is 1.47. The fraction of sp³-hybridized carbons (Fsp3) is 0.250. The van der Waals surface area contributed by atoms with E-state index in [1.807, 2.05) is 0 Å². The first kappa shape index (κ1) is 12.6. The van der Waals surface area contributed by atoms with Crippen molar-refractivity contribution >= 4 is 17.5 Å². The van der Waals surface area contributed by atoms with Gasteiger partial charge in [-0.05, 0) is 24.3 Å². The van der Waals surface area contributed by atoms with Crippen LogP contribution in [-0.4, -0.2) is 33.4 Å². The van der Waals surface area contributed by atoms with Gasteiger partial charge >= 0.3 is 0 Å². The summed E-state index contributed by atoms with van der Waals surface area (Å²) in [5, 5.41) is 4.68. The monoisotopic (exact) mass is 263 g/mol. The van der Waals surface area contributed by atoms with E-state index in [1.54, 1.807) is 43.1 Å². The highest BCUT2D eigenvalue weighted by Crippen LogP contribution is 2.17. The van der Waals surface area contributed by atoms with E-state index in [2.05, 4.69) is 10.1 Å². The second-order valence-corrected chi connectivity index (χ2v) is 4.55. The maximum Gasteiger partial charge on any atom is 0.186 e. The number of ketones is 1. The number of nitrogens with zero attached hydrogens (tertiary/aromatic N) is 3. The van der Waals surface area contributed by atoms with Crippen LogP contribution in [0, 0.1) is 0 Å². The molecule has 0 saturated heterocycles. The molecule has 0 unspecified atom stereocenters. The van der Waals surface area contributed by atoms with Crippen molar-refractivity contribution in [2.24, 2.45) is 7.05 Å². The van der Waals surface area contributed by atoms with Gasteiger partial charge in [0.25, 0.3) is 0 Å². The number of Topliss-reactive ketones (excluding diaryl/α,β-unsaturated/α-hetero) is 1. The molecular weight excluding hydrogens is 250 g/mol. The zero-order valence-electron chi connectivity index (χ0n) is 10.2. The zero-order valence-corrected chi connectivity index (χ0v) is 11.0. The van der Waals surface area contributed by atoms with E-state index in [0.717, 1.165) is 10.9 Å². The predicted octanol–water partition coefficient (Wildman–Crippen LogP) is 1.80. The van der Waals surface area contributed by atoms with Crippen LogP contribution >= 0.6 is 11.8 Å². The summed E-state index contributed by atoms with van der Waals surface area (Å²) in [6, 6.07) is 7.08. The van der Waals surface area contributed by atoms with Gasteiger partial charge in [-0.3, -0.25) is 4.79 Å². The molecule has 0 atom stereocenters. The van der Waals surface area contributed by atoms with Gasteiger partial charge in [0, 0.05) is 12.6 Å². The van der Waals surface area contributed by atoms with E-state index in [1.165, 1.54) is 18.1 Å².